The molecule has 0 saturated carbocycles. The minimum Gasteiger partial charge on any atom is -0.460 e. The van der Waals surface area contributed by atoms with Crippen molar-refractivity contribution in [1.29, 1.82) is 0 Å². The average Bonchev–Trinajstić information content (AvgIpc) is 2.73. The van der Waals surface area contributed by atoms with Crippen molar-refractivity contribution in [3.05, 3.63) is 65.5 Å². The Bertz CT molecular complexity index is 949. The second-order valence-corrected chi connectivity index (χ2v) is 9.54. The molecule has 2 aromatic carbocycles. The number of hydrogen-bond acceptors (Lipinski definition) is 4. The zero-order chi connectivity index (χ0) is 21.0. The Balaban J connectivity index is 1.56. The van der Waals surface area contributed by atoms with E-state index in [0.717, 1.165) is 5.56 Å². The zero-order valence-electron chi connectivity index (χ0n) is 16.7. The molecule has 1 saturated heterocycles. The molecule has 0 N–H and O–H groups in total. The number of esters is 1. The number of rotatable bonds is 6. The van der Waals surface area contributed by atoms with E-state index in [4.69, 9.17) is 4.74 Å². The Kier molecular flexibility index (Phi) is 6.70. The Morgan fingerprint density at radius 2 is 1.72 bits per heavy atom. The molecule has 5 nitrogen and oxygen atoms in total. The molecule has 0 unspecified atom stereocenters. The summed E-state index contributed by atoms with van der Waals surface area (Å²) in [6.07, 6.45) is 0.777. The van der Waals surface area contributed by atoms with E-state index in [1.807, 2.05) is 12.1 Å². The highest BCUT2D eigenvalue weighted by atomic mass is 32.2. The van der Waals surface area contributed by atoms with Crippen LogP contribution in [-0.4, -0.2) is 31.8 Å². The van der Waals surface area contributed by atoms with E-state index >= 15 is 0 Å². The standard InChI is InChI=1S/C22H26FNO4S/c1-16(2)17-7-9-20(10-8-17)29(26,27)24-13-11-18(12-14-24)22(25)28-15-19-5-3-4-6-21(19)23/h3-10,16,18H,11-15H2,1-2H3. The van der Waals surface area contributed by atoms with Gasteiger partial charge in [0.25, 0.3) is 0 Å². The van der Waals surface area contributed by atoms with Gasteiger partial charge in [-0.2, -0.15) is 4.31 Å². The summed E-state index contributed by atoms with van der Waals surface area (Å²) >= 11 is 0. The molecule has 0 radical (unpaired) electrons. The molecular formula is C22H26FNO4S. The van der Waals surface area contributed by atoms with Gasteiger partial charge in [0.2, 0.25) is 10.0 Å². The molecule has 0 amide bonds. The van der Waals surface area contributed by atoms with E-state index in [2.05, 4.69) is 13.8 Å². The Morgan fingerprint density at radius 3 is 2.31 bits per heavy atom. The molecule has 0 spiro atoms. The van der Waals surface area contributed by atoms with Crippen molar-refractivity contribution in [1.82, 2.24) is 4.31 Å². The van der Waals surface area contributed by atoms with E-state index in [1.54, 1.807) is 30.3 Å². The highest BCUT2D eigenvalue weighted by Crippen LogP contribution is 2.26. The summed E-state index contributed by atoms with van der Waals surface area (Å²) in [4.78, 5) is 12.6. The predicted octanol–water partition coefficient (Wildman–Crippen LogP) is 4.09. The second-order valence-electron chi connectivity index (χ2n) is 7.60. The normalized spacial score (nSPS) is 16.1. The Hall–Kier alpha value is -2.25. The molecule has 0 atom stereocenters. The van der Waals surface area contributed by atoms with Gasteiger partial charge in [-0.1, -0.05) is 44.2 Å². The maximum Gasteiger partial charge on any atom is 0.309 e. The number of ether oxygens (including phenoxy) is 1. The van der Waals surface area contributed by atoms with Gasteiger partial charge < -0.3 is 4.74 Å². The van der Waals surface area contributed by atoms with Crippen molar-refractivity contribution in [2.45, 2.75) is 44.1 Å². The third kappa shape index (κ3) is 5.03. The zero-order valence-corrected chi connectivity index (χ0v) is 17.5. The fourth-order valence-corrected chi connectivity index (χ4v) is 4.86. The maximum absolute atomic E-state index is 13.6. The summed E-state index contributed by atoms with van der Waals surface area (Å²) in [5.41, 5.74) is 1.41. The van der Waals surface area contributed by atoms with E-state index < -0.39 is 21.8 Å². The van der Waals surface area contributed by atoms with Crippen LogP contribution in [0, 0.1) is 11.7 Å². The SMILES string of the molecule is CC(C)c1ccc(S(=O)(=O)N2CCC(C(=O)OCc3ccccc3F)CC2)cc1. The van der Waals surface area contributed by atoms with E-state index in [0.29, 0.717) is 24.3 Å². The van der Waals surface area contributed by atoms with Crippen LogP contribution in [0.15, 0.2) is 53.4 Å². The van der Waals surface area contributed by atoms with E-state index in [1.165, 1.54) is 10.4 Å². The van der Waals surface area contributed by atoms with Crippen LogP contribution < -0.4 is 0 Å². The summed E-state index contributed by atoms with van der Waals surface area (Å²) < 4.78 is 46.0. The maximum atomic E-state index is 13.6. The third-order valence-corrected chi connectivity index (χ3v) is 7.21. The molecule has 1 aliphatic rings. The molecule has 7 heteroatoms. The Labute approximate surface area is 171 Å². The molecule has 0 aliphatic carbocycles. The molecule has 2 aromatic rings. The number of hydrogen-bond donors (Lipinski definition) is 0. The lowest BCUT2D eigenvalue weighted by Gasteiger charge is -2.30. The summed E-state index contributed by atoms with van der Waals surface area (Å²) in [7, 11) is -3.58. The van der Waals surface area contributed by atoms with Crippen molar-refractivity contribution in [3.8, 4) is 0 Å². The largest absolute Gasteiger partial charge is 0.460 e. The lowest BCUT2D eigenvalue weighted by Crippen LogP contribution is -2.40. The number of halogens is 1. The summed E-state index contributed by atoms with van der Waals surface area (Å²) in [5.74, 6) is -0.870. The predicted molar refractivity (Wildman–Crippen MR) is 108 cm³/mol. The third-order valence-electron chi connectivity index (χ3n) is 5.30. The second kappa shape index (κ2) is 9.05. The van der Waals surface area contributed by atoms with Gasteiger partial charge in [-0.25, -0.2) is 12.8 Å². The Morgan fingerprint density at radius 1 is 1.10 bits per heavy atom. The molecule has 3 rings (SSSR count). The quantitative estimate of drug-likeness (QED) is 0.662. The first kappa shape index (κ1) is 21.5. The van der Waals surface area contributed by atoms with Crippen LogP contribution in [0.5, 0.6) is 0 Å². The van der Waals surface area contributed by atoms with Gasteiger partial charge in [0.1, 0.15) is 12.4 Å². The number of carbonyl (C=O) groups excluding carboxylic acids is 1. The van der Waals surface area contributed by atoms with Gasteiger partial charge in [0.05, 0.1) is 10.8 Å². The molecule has 1 fully saturated rings. The topological polar surface area (TPSA) is 63.7 Å². The van der Waals surface area contributed by atoms with Crippen molar-refractivity contribution in [3.63, 3.8) is 0 Å². The number of carbonyl (C=O) groups is 1. The summed E-state index contributed by atoms with van der Waals surface area (Å²) in [5, 5.41) is 0. The number of sulfonamides is 1. The molecule has 29 heavy (non-hydrogen) atoms. The number of benzene rings is 2. The van der Waals surface area contributed by atoms with Gasteiger partial charge in [-0.3, -0.25) is 4.79 Å². The fourth-order valence-electron chi connectivity index (χ4n) is 3.39. The molecule has 156 valence electrons. The van der Waals surface area contributed by atoms with Crippen LogP contribution >= 0.6 is 0 Å². The first-order valence-corrected chi connectivity index (χ1v) is 11.2. The number of piperidine rings is 1. The molecule has 1 aliphatic heterocycles. The van der Waals surface area contributed by atoms with Gasteiger partial charge in [0, 0.05) is 18.7 Å². The molecule has 0 aromatic heterocycles. The molecule has 1 heterocycles. The first-order valence-electron chi connectivity index (χ1n) is 9.79. The minimum absolute atomic E-state index is 0.119. The van der Waals surface area contributed by atoms with Gasteiger partial charge >= 0.3 is 5.97 Å². The van der Waals surface area contributed by atoms with Gasteiger partial charge in [0.15, 0.2) is 0 Å². The van der Waals surface area contributed by atoms with Crippen LogP contribution in [0.3, 0.4) is 0 Å². The van der Waals surface area contributed by atoms with Crippen LogP contribution in [-0.2, 0) is 26.2 Å². The average molecular weight is 420 g/mol. The molecule has 0 bridgehead atoms. The monoisotopic (exact) mass is 419 g/mol. The minimum atomic E-state index is -3.58. The highest BCUT2D eigenvalue weighted by molar-refractivity contribution is 7.89. The van der Waals surface area contributed by atoms with Crippen molar-refractivity contribution >= 4 is 16.0 Å². The van der Waals surface area contributed by atoms with Crippen molar-refractivity contribution in [2.24, 2.45) is 5.92 Å². The fraction of sp³-hybridized carbons (Fsp3) is 0.409. The van der Waals surface area contributed by atoms with Crippen LogP contribution in [0.1, 0.15) is 43.7 Å². The van der Waals surface area contributed by atoms with Crippen LogP contribution in [0.4, 0.5) is 4.39 Å². The van der Waals surface area contributed by atoms with Crippen molar-refractivity contribution in [2.75, 3.05) is 13.1 Å². The van der Waals surface area contributed by atoms with E-state index in [9.17, 15) is 17.6 Å². The van der Waals surface area contributed by atoms with Crippen LogP contribution in [0.2, 0.25) is 0 Å². The van der Waals surface area contributed by atoms with E-state index in [-0.39, 0.29) is 30.5 Å². The highest BCUT2D eigenvalue weighted by Gasteiger charge is 2.32. The van der Waals surface area contributed by atoms with Gasteiger partial charge in [-0.15, -0.1) is 0 Å². The molecular weight excluding hydrogens is 393 g/mol. The summed E-state index contributed by atoms with van der Waals surface area (Å²) in [6.45, 7) is 4.51. The van der Waals surface area contributed by atoms with Crippen LogP contribution in [0.25, 0.3) is 0 Å². The first-order chi connectivity index (χ1) is 13.8. The summed E-state index contributed by atoms with van der Waals surface area (Å²) in [6, 6.07) is 13.1. The lowest BCUT2D eigenvalue weighted by molar-refractivity contribution is -0.151. The smallest absolute Gasteiger partial charge is 0.309 e. The number of nitrogens with zero attached hydrogens (tertiary/aromatic N) is 1. The van der Waals surface area contributed by atoms with Crippen molar-refractivity contribution < 1.29 is 22.3 Å². The lowest BCUT2D eigenvalue weighted by atomic mass is 9.98. The van der Waals surface area contributed by atoms with Gasteiger partial charge in [-0.05, 0) is 42.5 Å².